The minimum absolute atomic E-state index is 0.149. The monoisotopic (exact) mass is 180 g/mol. The standard InChI is InChI=1S/C11H13FO/c1-13-11(7-4-8-11)9-5-2-3-6-10(9)12/h2-3,5-6H,4,7-8H2,1H3. The molecule has 0 saturated heterocycles. The molecule has 1 nitrogen and oxygen atoms in total. The molecule has 1 aliphatic carbocycles. The molecule has 0 aliphatic heterocycles. The van der Waals surface area contributed by atoms with E-state index in [-0.39, 0.29) is 11.4 Å². The molecule has 13 heavy (non-hydrogen) atoms. The Morgan fingerprint density at radius 2 is 2.00 bits per heavy atom. The summed E-state index contributed by atoms with van der Waals surface area (Å²) in [6.45, 7) is 0. The fourth-order valence-corrected chi connectivity index (χ4v) is 1.91. The van der Waals surface area contributed by atoms with Crippen LogP contribution in [0, 0.1) is 5.82 Å². The molecule has 0 atom stereocenters. The highest BCUT2D eigenvalue weighted by Gasteiger charge is 2.40. The molecule has 0 aromatic heterocycles. The quantitative estimate of drug-likeness (QED) is 0.680. The molecule has 0 bridgehead atoms. The van der Waals surface area contributed by atoms with E-state index in [2.05, 4.69) is 0 Å². The van der Waals surface area contributed by atoms with E-state index in [1.54, 1.807) is 13.2 Å². The third-order valence-electron chi connectivity index (χ3n) is 2.92. The number of rotatable bonds is 2. The predicted octanol–water partition coefficient (Wildman–Crippen LogP) is 2.85. The molecular weight excluding hydrogens is 167 g/mol. The fraction of sp³-hybridized carbons (Fsp3) is 0.455. The van der Waals surface area contributed by atoms with E-state index in [9.17, 15) is 4.39 Å². The van der Waals surface area contributed by atoms with Crippen LogP contribution in [0.25, 0.3) is 0 Å². The van der Waals surface area contributed by atoms with Crippen molar-refractivity contribution >= 4 is 0 Å². The van der Waals surface area contributed by atoms with E-state index in [1.165, 1.54) is 6.07 Å². The molecule has 1 saturated carbocycles. The van der Waals surface area contributed by atoms with Crippen LogP contribution in [0.2, 0.25) is 0 Å². The van der Waals surface area contributed by atoms with Crippen molar-refractivity contribution in [3.05, 3.63) is 35.6 Å². The van der Waals surface area contributed by atoms with E-state index in [0.29, 0.717) is 5.56 Å². The van der Waals surface area contributed by atoms with Crippen LogP contribution in [0.3, 0.4) is 0 Å². The maximum absolute atomic E-state index is 13.4. The second kappa shape index (κ2) is 3.11. The highest BCUT2D eigenvalue weighted by atomic mass is 19.1. The van der Waals surface area contributed by atoms with Crippen molar-refractivity contribution in [3.63, 3.8) is 0 Å². The summed E-state index contributed by atoms with van der Waals surface area (Å²) < 4.78 is 18.8. The minimum atomic E-state index is -0.328. The van der Waals surface area contributed by atoms with Crippen molar-refractivity contribution in [2.24, 2.45) is 0 Å². The molecule has 1 aliphatic rings. The maximum atomic E-state index is 13.4. The van der Waals surface area contributed by atoms with Crippen LogP contribution in [0.1, 0.15) is 24.8 Å². The number of ether oxygens (including phenoxy) is 1. The minimum Gasteiger partial charge on any atom is -0.373 e. The number of hydrogen-bond acceptors (Lipinski definition) is 1. The van der Waals surface area contributed by atoms with Gasteiger partial charge in [0.1, 0.15) is 5.82 Å². The third-order valence-corrected chi connectivity index (χ3v) is 2.92. The lowest BCUT2D eigenvalue weighted by atomic mass is 9.74. The first-order valence-electron chi connectivity index (χ1n) is 4.59. The van der Waals surface area contributed by atoms with E-state index >= 15 is 0 Å². The summed E-state index contributed by atoms with van der Waals surface area (Å²) in [6.07, 6.45) is 3.00. The summed E-state index contributed by atoms with van der Waals surface area (Å²) in [5.74, 6) is -0.149. The summed E-state index contributed by atoms with van der Waals surface area (Å²) in [5, 5.41) is 0. The zero-order chi connectivity index (χ0) is 9.31. The van der Waals surface area contributed by atoms with Gasteiger partial charge in [0.05, 0.1) is 5.60 Å². The first kappa shape index (κ1) is 8.70. The molecule has 70 valence electrons. The number of methoxy groups -OCH3 is 1. The summed E-state index contributed by atoms with van der Waals surface area (Å²) in [4.78, 5) is 0. The van der Waals surface area contributed by atoms with Gasteiger partial charge in [-0.05, 0) is 25.3 Å². The summed E-state index contributed by atoms with van der Waals surface area (Å²) in [7, 11) is 1.66. The van der Waals surface area contributed by atoms with Crippen LogP contribution >= 0.6 is 0 Å². The Labute approximate surface area is 77.5 Å². The lowest BCUT2D eigenvalue weighted by Crippen LogP contribution is -2.36. The first-order chi connectivity index (χ1) is 6.28. The Bertz CT molecular complexity index is 299. The van der Waals surface area contributed by atoms with Gasteiger partial charge in [0, 0.05) is 12.7 Å². The van der Waals surface area contributed by atoms with Gasteiger partial charge < -0.3 is 4.74 Å². The Balaban J connectivity index is 2.38. The van der Waals surface area contributed by atoms with Crippen molar-refractivity contribution in [2.45, 2.75) is 24.9 Å². The molecular formula is C11H13FO. The van der Waals surface area contributed by atoms with Crippen LogP contribution in [-0.4, -0.2) is 7.11 Å². The number of hydrogen-bond donors (Lipinski definition) is 0. The van der Waals surface area contributed by atoms with E-state index in [0.717, 1.165) is 19.3 Å². The molecule has 2 heteroatoms. The second-order valence-corrected chi connectivity index (χ2v) is 3.53. The molecule has 0 heterocycles. The van der Waals surface area contributed by atoms with Crippen molar-refractivity contribution in [1.82, 2.24) is 0 Å². The highest BCUT2D eigenvalue weighted by Crippen LogP contribution is 2.44. The van der Waals surface area contributed by atoms with Gasteiger partial charge in [0.25, 0.3) is 0 Å². The SMILES string of the molecule is COC1(c2ccccc2F)CCC1. The molecule has 0 N–H and O–H groups in total. The fourth-order valence-electron chi connectivity index (χ4n) is 1.91. The normalized spacial score (nSPS) is 19.5. The molecule has 0 amide bonds. The summed E-state index contributed by atoms with van der Waals surface area (Å²) in [6, 6.07) is 6.88. The van der Waals surface area contributed by atoms with Crippen LogP contribution in [0.15, 0.2) is 24.3 Å². The van der Waals surface area contributed by atoms with Gasteiger partial charge in [-0.3, -0.25) is 0 Å². The van der Waals surface area contributed by atoms with Gasteiger partial charge in [-0.2, -0.15) is 0 Å². The van der Waals surface area contributed by atoms with Gasteiger partial charge in [0.15, 0.2) is 0 Å². The van der Waals surface area contributed by atoms with Gasteiger partial charge in [-0.1, -0.05) is 18.2 Å². The Kier molecular flexibility index (Phi) is 2.08. The van der Waals surface area contributed by atoms with Gasteiger partial charge in [-0.15, -0.1) is 0 Å². The van der Waals surface area contributed by atoms with E-state index in [4.69, 9.17) is 4.74 Å². The maximum Gasteiger partial charge on any atom is 0.129 e. The molecule has 0 unspecified atom stereocenters. The first-order valence-corrected chi connectivity index (χ1v) is 4.59. The Morgan fingerprint density at radius 1 is 1.31 bits per heavy atom. The van der Waals surface area contributed by atoms with Crippen molar-refractivity contribution in [2.75, 3.05) is 7.11 Å². The molecule has 0 spiro atoms. The number of benzene rings is 1. The second-order valence-electron chi connectivity index (χ2n) is 3.53. The summed E-state index contributed by atoms with van der Waals surface area (Å²) in [5.41, 5.74) is 0.384. The molecule has 1 fully saturated rings. The van der Waals surface area contributed by atoms with Crippen molar-refractivity contribution in [3.8, 4) is 0 Å². The Hall–Kier alpha value is -0.890. The van der Waals surface area contributed by atoms with E-state index in [1.807, 2.05) is 12.1 Å². The zero-order valence-electron chi connectivity index (χ0n) is 7.72. The molecule has 1 aromatic carbocycles. The predicted molar refractivity (Wildman–Crippen MR) is 48.9 cm³/mol. The smallest absolute Gasteiger partial charge is 0.129 e. The topological polar surface area (TPSA) is 9.23 Å². The van der Waals surface area contributed by atoms with Crippen molar-refractivity contribution < 1.29 is 9.13 Å². The van der Waals surface area contributed by atoms with E-state index < -0.39 is 0 Å². The van der Waals surface area contributed by atoms with Gasteiger partial charge in [0.2, 0.25) is 0 Å². The molecule has 2 rings (SSSR count). The highest BCUT2D eigenvalue weighted by molar-refractivity contribution is 5.26. The Morgan fingerprint density at radius 3 is 2.46 bits per heavy atom. The lowest BCUT2D eigenvalue weighted by molar-refractivity contribution is -0.0802. The van der Waals surface area contributed by atoms with Gasteiger partial charge in [-0.25, -0.2) is 4.39 Å². The van der Waals surface area contributed by atoms with Crippen molar-refractivity contribution in [1.29, 1.82) is 0 Å². The van der Waals surface area contributed by atoms with Crippen LogP contribution in [0.4, 0.5) is 4.39 Å². The van der Waals surface area contributed by atoms with Crippen LogP contribution in [0.5, 0.6) is 0 Å². The lowest BCUT2D eigenvalue weighted by Gasteiger charge is -2.41. The molecule has 1 aromatic rings. The summed E-state index contributed by atoms with van der Waals surface area (Å²) >= 11 is 0. The zero-order valence-corrected chi connectivity index (χ0v) is 7.72. The van der Waals surface area contributed by atoms with Gasteiger partial charge >= 0.3 is 0 Å². The van der Waals surface area contributed by atoms with Crippen LogP contribution < -0.4 is 0 Å². The van der Waals surface area contributed by atoms with Crippen LogP contribution in [-0.2, 0) is 10.3 Å². The largest absolute Gasteiger partial charge is 0.373 e. The number of halogens is 1. The average molecular weight is 180 g/mol. The molecule has 0 radical (unpaired) electrons. The average Bonchev–Trinajstić information content (AvgIpc) is 2.07. The third kappa shape index (κ3) is 1.25.